The summed E-state index contributed by atoms with van der Waals surface area (Å²) in [6.07, 6.45) is -5.41. The summed E-state index contributed by atoms with van der Waals surface area (Å²) in [5.74, 6) is -0.265. The Kier molecular flexibility index (Phi) is 4.99. The smallest absolute Gasteiger partial charge is 0.373 e. The van der Waals surface area contributed by atoms with Crippen LogP contribution in [0.5, 0.6) is 0 Å². The lowest BCUT2D eigenvalue weighted by molar-refractivity contribution is -0.138. The number of alkyl halides is 3. The summed E-state index contributed by atoms with van der Waals surface area (Å²) in [6, 6.07) is 1.68. The number of hydrogen-bond acceptors (Lipinski definition) is 3. The van der Waals surface area contributed by atoms with Crippen molar-refractivity contribution >= 4 is 23.3 Å². The number of carbonyl (C=O) groups excluding carboxylic acids is 1. The molecular formula is C11H13ClF3N3O. The van der Waals surface area contributed by atoms with Crippen molar-refractivity contribution < 1.29 is 18.0 Å². The van der Waals surface area contributed by atoms with Crippen molar-refractivity contribution in [1.29, 1.82) is 0 Å². The van der Waals surface area contributed by atoms with Gasteiger partial charge in [0, 0.05) is 18.7 Å². The van der Waals surface area contributed by atoms with Crippen LogP contribution in [-0.2, 0) is 0 Å². The van der Waals surface area contributed by atoms with Gasteiger partial charge in [-0.05, 0) is 19.1 Å². The highest BCUT2D eigenvalue weighted by atomic mass is 35.5. The van der Waals surface area contributed by atoms with E-state index in [9.17, 15) is 18.0 Å². The minimum absolute atomic E-state index is 0.0838. The van der Waals surface area contributed by atoms with Gasteiger partial charge in [-0.1, -0.05) is 11.6 Å². The third-order valence-electron chi connectivity index (χ3n) is 2.23. The number of carbonyl (C=O) groups is 1. The van der Waals surface area contributed by atoms with Gasteiger partial charge in [0.15, 0.2) is 0 Å². The van der Waals surface area contributed by atoms with Crippen molar-refractivity contribution in [2.75, 3.05) is 12.4 Å². The average molecular weight is 296 g/mol. The molecular weight excluding hydrogens is 283 g/mol. The van der Waals surface area contributed by atoms with E-state index in [1.54, 1.807) is 7.05 Å². The fourth-order valence-electron chi connectivity index (χ4n) is 1.46. The summed E-state index contributed by atoms with van der Waals surface area (Å²) in [5, 5.41) is 5.04. The fourth-order valence-corrected chi connectivity index (χ4v) is 1.67. The molecule has 0 saturated carbocycles. The van der Waals surface area contributed by atoms with Crippen LogP contribution in [0.1, 0.15) is 23.7 Å². The van der Waals surface area contributed by atoms with E-state index in [1.807, 2.05) is 0 Å². The molecule has 0 bridgehead atoms. The van der Waals surface area contributed by atoms with E-state index in [0.29, 0.717) is 5.82 Å². The van der Waals surface area contributed by atoms with Crippen LogP contribution in [-0.4, -0.2) is 30.2 Å². The minimum atomic E-state index is -4.32. The number of pyridine rings is 1. The van der Waals surface area contributed by atoms with Crippen LogP contribution in [0, 0.1) is 0 Å². The molecule has 0 saturated heterocycles. The number of anilines is 1. The van der Waals surface area contributed by atoms with E-state index in [1.165, 1.54) is 19.1 Å². The van der Waals surface area contributed by atoms with Gasteiger partial charge in [-0.3, -0.25) is 4.79 Å². The van der Waals surface area contributed by atoms with Crippen molar-refractivity contribution in [3.05, 3.63) is 22.8 Å². The molecule has 1 heterocycles. The molecule has 106 valence electrons. The van der Waals surface area contributed by atoms with E-state index < -0.39 is 24.5 Å². The lowest BCUT2D eigenvalue weighted by Crippen LogP contribution is -2.36. The summed E-state index contributed by atoms with van der Waals surface area (Å²) in [4.78, 5) is 15.6. The predicted octanol–water partition coefficient (Wildman–Crippen LogP) is 2.85. The number of nitrogens with zero attached hydrogens (tertiary/aromatic N) is 1. The zero-order valence-corrected chi connectivity index (χ0v) is 11.1. The number of hydrogen-bond donors (Lipinski definition) is 2. The van der Waals surface area contributed by atoms with E-state index in [2.05, 4.69) is 15.6 Å². The first kappa shape index (κ1) is 15.6. The fraction of sp³-hybridized carbons (Fsp3) is 0.455. The molecule has 2 N–H and O–H groups in total. The van der Waals surface area contributed by atoms with E-state index in [-0.39, 0.29) is 10.7 Å². The molecule has 8 heteroatoms. The first-order valence-electron chi connectivity index (χ1n) is 5.44. The maximum atomic E-state index is 12.1. The molecule has 0 spiro atoms. The Balaban J connectivity index is 2.75. The molecule has 1 atom stereocenters. The number of aromatic nitrogens is 1. The van der Waals surface area contributed by atoms with Crippen molar-refractivity contribution in [1.82, 2.24) is 10.3 Å². The summed E-state index contributed by atoms with van der Waals surface area (Å²) >= 11 is 5.70. The van der Waals surface area contributed by atoms with Crippen molar-refractivity contribution in [2.24, 2.45) is 0 Å². The standard InChI is InChI=1S/C11H13ClF3N3O/c1-6(5-11(13,14)15)17-10(19)7-3-8(12)18-9(4-7)16-2/h3-4,6H,5H2,1-2H3,(H,16,18)(H,17,19). The molecule has 0 aromatic carbocycles. The Morgan fingerprint density at radius 2 is 2.11 bits per heavy atom. The van der Waals surface area contributed by atoms with E-state index in [0.717, 1.165) is 0 Å². The number of nitrogens with one attached hydrogen (secondary N) is 2. The largest absolute Gasteiger partial charge is 0.391 e. The molecule has 1 unspecified atom stereocenters. The molecule has 19 heavy (non-hydrogen) atoms. The van der Waals surface area contributed by atoms with Crippen LogP contribution in [0.2, 0.25) is 5.15 Å². The SMILES string of the molecule is CNc1cc(C(=O)NC(C)CC(F)(F)F)cc(Cl)n1. The highest BCUT2D eigenvalue weighted by Crippen LogP contribution is 2.21. The van der Waals surface area contributed by atoms with Gasteiger partial charge in [0.25, 0.3) is 5.91 Å². The quantitative estimate of drug-likeness (QED) is 0.840. The molecule has 0 radical (unpaired) electrons. The monoisotopic (exact) mass is 295 g/mol. The molecule has 1 aromatic rings. The van der Waals surface area contributed by atoms with E-state index >= 15 is 0 Å². The van der Waals surface area contributed by atoms with Gasteiger partial charge >= 0.3 is 6.18 Å². The van der Waals surface area contributed by atoms with Crippen LogP contribution >= 0.6 is 11.6 Å². The second kappa shape index (κ2) is 6.10. The van der Waals surface area contributed by atoms with Crippen LogP contribution < -0.4 is 10.6 Å². The Bertz CT molecular complexity index is 465. The molecule has 4 nitrogen and oxygen atoms in total. The van der Waals surface area contributed by atoms with Gasteiger partial charge in [0.05, 0.1) is 6.42 Å². The zero-order valence-electron chi connectivity index (χ0n) is 10.3. The van der Waals surface area contributed by atoms with Crippen LogP contribution in [0.15, 0.2) is 12.1 Å². The van der Waals surface area contributed by atoms with Gasteiger partial charge in [-0.15, -0.1) is 0 Å². The summed E-state index contributed by atoms with van der Waals surface area (Å²) < 4.78 is 36.4. The average Bonchev–Trinajstić information content (AvgIpc) is 2.25. The lowest BCUT2D eigenvalue weighted by atomic mass is 10.2. The van der Waals surface area contributed by atoms with Crippen LogP contribution in [0.3, 0.4) is 0 Å². The second-order valence-corrected chi connectivity index (χ2v) is 4.39. The number of rotatable bonds is 4. The topological polar surface area (TPSA) is 54.0 Å². The summed E-state index contributed by atoms with van der Waals surface area (Å²) in [5.41, 5.74) is 0.151. The Morgan fingerprint density at radius 3 is 2.63 bits per heavy atom. The highest BCUT2D eigenvalue weighted by Gasteiger charge is 2.30. The van der Waals surface area contributed by atoms with Gasteiger partial charge in [0.1, 0.15) is 11.0 Å². The Labute approximate surface area is 113 Å². The molecule has 0 aliphatic heterocycles. The molecule has 0 fully saturated rings. The number of halogens is 4. The Morgan fingerprint density at radius 1 is 1.47 bits per heavy atom. The molecule has 1 rings (SSSR count). The maximum Gasteiger partial charge on any atom is 0.391 e. The number of amides is 1. The van der Waals surface area contributed by atoms with Gasteiger partial charge < -0.3 is 10.6 Å². The second-order valence-electron chi connectivity index (χ2n) is 4.01. The maximum absolute atomic E-state index is 12.1. The van der Waals surface area contributed by atoms with Gasteiger partial charge in [-0.2, -0.15) is 13.2 Å². The van der Waals surface area contributed by atoms with Crippen molar-refractivity contribution in [3.63, 3.8) is 0 Å². The first-order chi connectivity index (χ1) is 8.71. The minimum Gasteiger partial charge on any atom is -0.373 e. The molecule has 1 aromatic heterocycles. The van der Waals surface area contributed by atoms with Crippen LogP contribution in [0.25, 0.3) is 0 Å². The van der Waals surface area contributed by atoms with Crippen molar-refractivity contribution in [3.8, 4) is 0 Å². The third kappa shape index (κ3) is 5.34. The van der Waals surface area contributed by atoms with Gasteiger partial charge in [0.2, 0.25) is 0 Å². The predicted molar refractivity (Wildman–Crippen MR) is 66.4 cm³/mol. The Hall–Kier alpha value is -1.50. The molecule has 1 amide bonds. The molecule has 0 aliphatic carbocycles. The highest BCUT2D eigenvalue weighted by molar-refractivity contribution is 6.29. The summed E-state index contributed by atoms with van der Waals surface area (Å²) in [7, 11) is 1.59. The van der Waals surface area contributed by atoms with Crippen molar-refractivity contribution in [2.45, 2.75) is 25.6 Å². The molecule has 0 aliphatic rings. The van der Waals surface area contributed by atoms with Crippen LogP contribution in [0.4, 0.5) is 19.0 Å². The van der Waals surface area contributed by atoms with Gasteiger partial charge in [-0.25, -0.2) is 4.98 Å². The van der Waals surface area contributed by atoms with E-state index in [4.69, 9.17) is 11.6 Å². The first-order valence-corrected chi connectivity index (χ1v) is 5.82. The zero-order chi connectivity index (χ0) is 14.6. The lowest BCUT2D eigenvalue weighted by Gasteiger charge is -2.16. The normalized spacial score (nSPS) is 12.9. The third-order valence-corrected chi connectivity index (χ3v) is 2.42. The summed E-state index contributed by atoms with van der Waals surface area (Å²) in [6.45, 7) is 1.28.